The van der Waals surface area contributed by atoms with Crippen LogP contribution in [0.5, 0.6) is 0 Å². The van der Waals surface area contributed by atoms with E-state index in [0.29, 0.717) is 30.8 Å². The molecule has 0 unspecified atom stereocenters. The van der Waals surface area contributed by atoms with Crippen molar-refractivity contribution < 1.29 is 9.53 Å². The summed E-state index contributed by atoms with van der Waals surface area (Å²) in [6.45, 7) is 3.19. The van der Waals surface area contributed by atoms with Crippen molar-refractivity contribution in [3.05, 3.63) is 29.8 Å². The number of nitrogens with zero attached hydrogens (tertiary/aromatic N) is 3. The molecule has 2 heterocycles. The SMILES string of the molecule is CC(=O)N1CCN(C2=Nc3ccccc3CO2)C1=S. The Morgan fingerprint density at radius 3 is 2.89 bits per heavy atom. The summed E-state index contributed by atoms with van der Waals surface area (Å²) in [5.41, 5.74) is 1.95. The fourth-order valence-electron chi connectivity index (χ4n) is 2.16. The monoisotopic (exact) mass is 275 g/mol. The summed E-state index contributed by atoms with van der Waals surface area (Å²) in [4.78, 5) is 19.2. The highest BCUT2D eigenvalue weighted by molar-refractivity contribution is 7.80. The summed E-state index contributed by atoms with van der Waals surface area (Å²) < 4.78 is 5.64. The molecule has 0 bridgehead atoms. The lowest BCUT2D eigenvalue weighted by Crippen LogP contribution is -2.39. The number of thiocarbonyl (C=S) groups is 1. The summed E-state index contributed by atoms with van der Waals surface area (Å²) in [5, 5.41) is 0.464. The Balaban J connectivity index is 1.87. The average Bonchev–Trinajstić information content (AvgIpc) is 2.80. The molecule has 0 aromatic heterocycles. The molecule has 0 saturated carbocycles. The smallest absolute Gasteiger partial charge is 0.299 e. The number of ether oxygens (including phenoxy) is 1. The van der Waals surface area contributed by atoms with Gasteiger partial charge in [-0.05, 0) is 18.3 Å². The molecule has 5 nitrogen and oxygen atoms in total. The fourth-order valence-corrected chi connectivity index (χ4v) is 2.55. The second-order valence-electron chi connectivity index (χ2n) is 4.42. The highest BCUT2D eigenvalue weighted by Crippen LogP contribution is 2.26. The molecule has 2 aliphatic heterocycles. The number of rotatable bonds is 0. The van der Waals surface area contributed by atoms with Gasteiger partial charge in [0, 0.05) is 25.6 Å². The molecule has 3 rings (SSSR count). The zero-order valence-electron chi connectivity index (χ0n) is 10.5. The zero-order valence-corrected chi connectivity index (χ0v) is 11.3. The summed E-state index contributed by atoms with van der Waals surface area (Å²) in [6, 6.07) is 8.31. The van der Waals surface area contributed by atoms with Crippen LogP contribution in [0, 0.1) is 0 Å². The molecule has 0 N–H and O–H groups in total. The molecule has 98 valence electrons. The molecule has 0 radical (unpaired) electrons. The minimum absolute atomic E-state index is 0.0516. The van der Waals surface area contributed by atoms with Gasteiger partial charge in [-0.2, -0.15) is 4.99 Å². The third-order valence-electron chi connectivity index (χ3n) is 3.18. The van der Waals surface area contributed by atoms with E-state index in [1.807, 2.05) is 24.3 Å². The molecule has 0 spiro atoms. The normalized spacial score (nSPS) is 17.9. The Kier molecular flexibility index (Phi) is 2.94. The molecule has 0 atom stereocenters. The van der Waals surface area contributed by atoms with Gasteiger partial charge in [0.25, 0.3) is 6.02 Å². The van der Waals surface area contributed by atoms with E-state index in [9.17, 15) is 4.79 Å². The molecule has 19 heavy (non-hydrogen) atoms. The lowest BCUT2D eigenvalue weighted by atomic mass is 10.2. The van der Waals surface area contributed by atoms with E-state index in [-0.39, 0.29) is 5.91 Å². The standard InChI is InChI=1S/C13H13N3O2S/c1-9(17)15-6-7-16(13(15)19)12-14-11-5-3-2-4-10(11)8-18-12/h2-5H,6-8H2,1H3. The topological polar surface area (TPSA) is 45.1 Å². The van der Waals surface area contributed by atoms with E-state index in [1.54, 1.807) is 9.80 Å². The number of hydrogen-bond donors (Lipinski definition) is 0. The maximum Gasteiger partial charge on any atom is 0.299 e. The molecule has 1 amide bonds. The molecule has 6 heteroatoms. The number of carbonyl (C=O) groups is 1. The van der Waals surface area contributed by atoms with Gasteiger partial charge in [0.1, 0.15) is 6.61 Å². The largest absolute Gasteiger partial charge is 0.460 e. The number of amides is 1. The predicted octanol–water partition coefficient (Wildman–Crippen LogP) is 1.65. The van der Waals surface area contributed by atoms with E-state index in [2.05, 4.69) is 4.99 Å². The summed E-state index contributed by atoms with van der Waals surface area (Å²) in [7, 11) is 0. The molecule has 1 fully saturated rings. The van der Waals surface area contributed by atoms with E-state index >= 15 is 0 Å². The maximum absolute atomic E-state index is 11.4. The molecule has 1 aromatic carbocycles. The number of hydrogen-bond acceptors (Lipinski definition) is 4. The van der Waals surface area contributed by atoms with Crippen molar-refractivity contribution in [1.29, 1.82) is 0 Å². The quantitative estimate of drug-likeness (QED) is 0.675. The molecular weight excluding hydrogens is 262 g/mol. The highest BCUT2D eigenvalue weighted by Gasteiger charge is 2.32. The summed E-state index contributed by atoms with van der Waals surface area (Å²) >= 11 is 5.29. The number of aliphatic imine (C=N–C) groups is 1. The van der Waals surface area contributed by atoms with Crippen LogP contribution in [0.2, 0.25) is 0 Å². The van der Waals surface area contributed by atoms with Crippen molar-refractivity contribution in [2.45, 2.75) is 13.5 Å². The van der Waals surface area contributed by atoms with Crippen LogP contribution in [0.25, 0.3) is 0 Å². The van der Waals surface area contributed by atoms with Crippen LogP contribution in [0.1, 0.15) is 12.5 Å². The minimum Gasteiger partial charge on any atom is -0.460 e. The van der Waals surface area contributed by atoms with Gasteiger partial charge in [-0.1, -0.05) is 18.2 Å². The fraction of sp³-hybridized carbons (Fsp3) is 0.308. The Labute approximate surface area is 116 Å². The second-order valence-corrected chi connectivity index (χ2v) is 4.78. The zero-order chi connectivity index (χ0) is 13.4. The van der Waals surface area contributed by atoms with Crippen LogP contribution in [0.15, 0.2) is 29.3 Å². The van der Waals surface area contributed by atoms with Crippen LogP contribution in [0.3, 0.4) is 0 Å². The molecular formula is C13H13N3O2S. The van der Waals surface area contributed by atoms with Crippen LogP contribution < -0.4 is 0 Å². The molecule has 2 aliphatic rings. The van der Waals surface area contributed by atoms with Crippen molar-refractivity contribution in [2.24, 2.45) is 4.99 Å². The first kappa shape index (κ1) is 12.1. The first-order valence-electron chi connectivity index (χ1n) is 6.06. The second kappa shape index (κ2) is 4.62. The number of carbonyl (C=O) groups excluding carboxylic acids is 1. The summed E-state index contributed by atoms with van der Waals surface area (Å²) in [5.74, 6) is -0.0516. The number of para-hydroxylation sites is 1. The van der Waals surface area contributed by atoms with Crippen LogP contribution in [0.4, 0.5) is 5.69 Å². The van der Waals surface area contributed by atoms with Crippen molar-refractivity contribution in [3.8, 4) is 0 Å². The van der Waals surface area contributed by atoms with Gasteiger partial charge in [0.05, 0.1) is 5.69 Å². The van der Waals surface area contributed by atoms with Crippen molar-refractivity contribution in [2.75, 3.05) is 13.1 Å². The molecule has 1 aromatic rings. The van der Waals surface area contributed by atoms with Gasteiger partial charge >= 0.3 is 0 Å². The lowest BCUT2D eigenvalue weighted by molar-refractivity contribution is -0.124. The van der Waals surface area contributed by atoms with E-state index in [0.717, 1.165) is 11.3 Å². The van der Waals surface area contributed by atoms with Crippen molar-refractivity contribution in [3.63, 3.8) is 0 Å². The maximum atomic E-state index is 11.4. The molecule has 0 aliphatic carbocycles. The van der Waals surface area contributed by atoms with Gasteiger partial charge in [-0.15, -0.1) is 0 Å². The first-order chi connectivity index (χ1) is 9.16. The third-order valence-corrected chi connectivity index (χ3v) is 3.63. The predicted molar refractivity (Wildman–Crippen MR) is 75.0 cm³/mol. The number of amidine groups is 1. The van der Waals surface area contributed by atoms with Crippen molar-refractivity contribution in [1.82, 2.24) is 9.80 Å². The third kappa shape index (κ3) is 2.08. The Hall–Kier alpha value is -1.95. The van der Waals surface area contributed by atoms with Gasteiger partial charge in [0.15, 0.2) is 5.11 Å². The Morgan fingerprint density at radius 1 is 1.37 bits per heavy atom. The minimum atomic E-state index is -0.0516. The van der Waals surface area contributed by atoms with Crippen LogP contribution in [-0.2, 0) is 16.1 Å². The van der Waals surface area contributed by atoms with Gasteiger partial charge in [-0.3, -0.25) is 14.6 Å². The number of fused-ring (bicyclic) bond motifs is 1. The van der Waals surface area contributed by atoms with E-state index in [4.69, 9.17) is 17.0 Å². The Bertz CT molecular complexity index is 585. The number of benzene rings is 1. The van der Waals surface area contributed by atoms with Gasteiger partial charge < -0.3 is 4.74 Å². The van der Waals surface area contributed by atoms with E-state index < -0.39 is 0 Å². The molecule has 1 saturated heterocycles. The Morgan fingerprint density at radius 2 is 2.16 bits per heavy atom. The van der Waals surface area contributed by atoms with Crippen LogP contribution >= 0.6 is 12.2 Å². The van der Waals surface area contributed by atoms with Crippen LogP contribution in [-0.4, -0.2) is 39.9 Å². The first-order valence-corrected chi connectivity index (χ1v) is 6.46. The van der Waals surface area contributed by atoms with Gasteiger partial charge in [0.2, 0.25) is 5.91 Å². The lowest BCUT2D eigenvalue weighted by Gasteiger charge is -2.24. The van der Waals surface area contributed by atoms with Gasteiger partial charge in [-0.25, -0.2) is 0 Å². The highest BCUT2D eigenvalue weighted by atomic mass is 32.1. The average molecular weight is 275 g/mol. The van der Waals surface area contributed by atoms with E-state index in [1.165, 1.54) is 6.92 Å². The summed E-state index contributed by atoms with van der Waals surface area (Å²) in [6.07, 6.45) is 0. The van der Waals surface area contributed by atoms with Crippen molar-refractivity contribution >= 4 is 34.9 Å².